The van der Waals surface area contributed by atoms with Crippen LogP contribution in [0.4, 0.5) is 0 Å². The fraction of sp³-hybridized carbons (Fsp3) is 0.556. The van der Waals surface area contributed by atoms with E-state index in [9.17, 15) is 4.79 Å². The first-order valence-electron chi connectivity index (χ1n) is 4.29. The van der Waals surface area contributed by atoms with Gasteiger partial charge in [-0.3, -0.25) is 0 Å². The first-order chi connectivity index (χ1) is 6.33. The fourth-order valence-electron chi connectivity index (χ4n) is 1.13. The van der Waals surface area contributed by atoms with Gasteiger partial charge in [-0.2, -0.15) is 0 Å². The van der Waals surface area contributed by atoms with Crippen LogP contribution in [-0.4, -0.2) is 18.8 Å². The van der Waals surface area contributed by atoms with Gasteiger partial charge in [0.15, 0.2) is 0 Å². The van der Waals surface area contributed by atoms with Gasteiger partial charge in [-0.15, -0.1) is 0 Å². The Hall–Kier alpha value is -1.32. The van der Waals surface area contributed by atoms with Crippen molar-refractivity contribution in [3.8, 4) is 0 Å². The molecule has 1 fully saturated rings. The zero-order valence-corrected chi connectivity index (χ0v) is 7.66. The van der Waals surface area contributed by atoms with E-state index in [0.717, 1.165) is 18.6 Å². The maximum Gasteiger partial charge on any atom is 0.333 e. The van der Waals surface area contributed by atoms with E-state index in [1.54, 1.807) is 0 Å². The number of methoxy groups -OCH3 is 1. The highest BCUT2D eigenvalue weighted by Gasteiger charge is 2.07. The number of rotatable bonds is 3. The second-order valence-corrected chi connectivity index (χ2v) is 2.80. The molecule has 0 atom stereocenters. The molecule has 4 nitrogen and oxygen atoms in total. The monoisotopic (exact) mass is 183 g/mol. The summed E-state index contributed by atoms with van der Waals surface area (Å²) in [7, 11) is 1.32. The molecule has 0 spiro atoms. The molecule has 4 heteroatoms. The Bertz CT molecular complexity index is 225. The minimum atomic E-state index is -0.438. The Morgan fingerprint density at radius 2 is 2.15 bits per heavy atom. The Morgan fingerprint density at radius 3 is 2.77 bits per heavy atom. The molecule has 72 valence electrons. The van der Waals surface area contributed by atoms with Gasteiger partial charge in [-0.1, -0.05) is 5.16 Å². The van der Waals surface area contributed by atoms with Crippen LogP contribution in [-0.2, 0) is 14.4 Å². The molecule has 1 saturated carbocycles. The van der Waals surface area contributed by atoms with Gasteiger partial charge < -0.3 is 9.57 Å². The second kappa shape index (κ2) is 5.35. The van der Waals surface area contributed by atoms with Crippen LogP contribution >= 0.6 is 0 Å². The molecular weight excluding hydrogens is 170 g/mol. The smallest absolute Gasteiger partial charge is 0.333 e. The van der Waals surface area contributed by atoms with Crippen LogP contribution < -0.4 is 0 Å². The predicted octanol–water partition coefficient (Wildman–Crippen LogP) is 1.62. The van der Waals surface area contributed by atoms with Gasteiger partial charge in [0.05, 0.1) is 18.9 Å². The fourth-order valence-corrected chi connectivity index (χ4v) is 1.13. The van der Waals surface area contributed by atoms with E-state index in [2.05, 4.69) is 9.89 Å². The van der Waals surface area contributed by atoms with Gasteiger partial charge in [-0.05, 0) is 25.7 Å². The lowest BCUT2D eigenvalue weighted by Crippen LogP contribution is -1.94. The maximum absolute atomic E-state index is 10.6. The third kappa shape index (κ3) is 3.73. The van der Waals surface area contributed by atoms with Crippen LogP contribution in [0.2, 0.25) is 0 Å². The third-order valence-electron chi connectivity index (χ3n) is 1.83. The van der Waals surface area contributed by atoms with E-state index in [0.29, 0.717) is 0 Å². The van der Waals surface area contributed by atoms with Crippen LogP contribution in [0.25, 0.3) is 0 Å². The number of hydrogen-bond donors (Lipinski definition) is 0. The summed E-state index contributed by atoms with van der Waals surface area (Å²) in [5.41, 5.74) is 1.06. The number of nitrogens with zero attached hydrogens (tertiary/aromatic N) is 1. The molecule has 0 saturated heterocycles. The first kappa shape index (κ1) is 9.77. The lowest BCUT2D eigenvalue weighted by atomic mass is 10.3. The third-order valence-corrected chi connectivity index (χ3v) is 1.83. The molecule has 0 radical (unpaired) electrons. The highest BCUT2D eigenvalue weighted by atomic mass is 16.6. The molecule has 1 rings (SSSR count). The van der Waals surface area contributed by atoms with E-state index in [4.69, 9.17) is 4.84 Å². The molecule has 0 aromatic heterocycles. The zero-order chi connectivity index (χ0) is 9.52. The number of hydrogen-bond acceptors (Lipinski definition) is 4. The van der Waals surface area contributed by atoms with E-state index < -0.39 is 5.97 Å². The van der Waals surface area contributed by atoms with Crippen molar-refractivity contribution < 1.29 is 14.4 Å². The molecule has 0 unspecified atom stereocenters. The second-order valence-electron chi connectivity index (χ2n) is 2.80. The van der Waals surface area contributed by atoms with Crippen LogP contribution in [0.3, 0.4) is 0 Å². The quantitative estimate of drug-likeness (QED) is 0.289. The summed E-state index contributed by atoms with van der Waals surface area (Å²) < 4.78 is 4.37. The summed E-state index contributed by atoms with van der Waals surface area (Å²) in [5, 5.41) is 3.85. The summed E-state index contributed by atoms with van der Waals surface area (Å²) in [6.07, 6.45) is 6.81. The average molecular weight is 183 g/mol. The lowest BCUT2D eigenvalue weighted by molar-refractivity contribution is -0.134. The van der Waals surface area contributed by atoms with Crippen molar-refractivity contribution in [1.82, 2.24) is 0 Å². The zero-order valence-electron chi connectivity index (χ0n) is 7.66. The van der Waals surface area contributed by atoms with E-state index in [1.165, 1.54) is 32.3 Å². The van der Waals surface area contributed by atoms with E-state index in [1.807, 2.05) is 0 Å². The standard InChI is InChI=1S/C9H13NO3/c1-12-9(11)6-7-13-10-8-4-2-3-5-8/h6-7H,2-5H2,1H3/b7-6+. The van der Waals surface area contributed by atoms with Crippen molar-refractivity contribution in [3.63, 3.8) is 0 Å². The van der Waals surface area contributed by atoms with Gasteiger partial charge in [0.2, 0.25) is 0 Å². The van der Waals surface area contributed by atoms with Crippen LogP contribution in [0.1, 0.15) is 25.7 Å². The number of carbonyl (C=O) groups excluding carboxylic acids is 1. The molecule has 1 aliphatic carbocycles. The number of carbonyl (C=O) groups is 1. The number of esters is 1. The van der Waals surface area contributed by atoms with Crippen LogP contribution in [0, 0.1) is 0 Å². The van der Waals surface area contributed by atoms with Crippen molar-refractivity contribution in [2.45, 2.75) is 25.7 Å². The molecule has 0 aliphatic heterocycles. The van der Waals surface area contributed by atoms with Gasteiger partial charge in [0, 0.05) is 0 Å². The maximum atomic E-state index is 10.6. The summed E-state index contributed by atoms with van der Waals surface area (Å²) in [6.45, 7) is 0. The summed E-state index contributed by atoms with van der Waals surface area (Å²) in [6, 6.07) is 0. The molecule has 1 aliphatic rings. The van der Waals surface area contributed by atoms with Gasteiger partial charge in [0.25, 0.3) is 0 Å². The van der Waals surface area contributed by atoms with Crippen molar-refractivity contribution in [2.24, 2.45) is 5.16 Å². The van der Waals surface area contributed by atoms with Crippen LogP contribution in [0.5, 0.6) is 0 Å². The molecule has 0 bridgehead atoms. The Balaban J connectivity index is 2.22. The predicted molar refractivity (Wildman–Crippen MR) is 48.1 cm³/mol. The molecule has 0 amide bonds. The highest BCUT2D eigenvalue weighted by molar-refractivity contribution is 5.85. The van der Waals surface area contributed by atoms with Gasteiger partial charge in [0.1, 0.15) is 6.26 Å². The van der Waals surface area contributed by atoms with Crippen molar-refractivity contribution in [1.29, 1.82) is 0 Å². The van der Waals surface area contributed by atoms with E-state index >= 15 is 0 Å². The topological polar surface area (TPSA) is 47.9 Å². The molecular formula is C9H13NO3. The minimum Gasteiger partial charge on any atom is -0.466 e. The SMILES string of the molecule is COC(=O)/C=C/ON=C1CCCC1. The number of ether oxygens (including phenoxy) is 1. The Morgan fingerprint density at radius 1 is 1.46 bits per heavy atom. The van der Waals surface area contributed by atoms with Crippen molar-refractivity contribution in [3.05, 3.63) is 12.3 Å². The van der Waals surface area contributed by atoms with Crippen molar-refractivity contribution in [2.75, 3.05) is 7.11 Å². The molecule has 0 N–H and O–H groups in total. The summed E-state index contributed by atoms with van der Waals surface area (Å²) in [5.74, 6) is -0.438. The molecule has 13 heavy (non-hydrogen) atoms. The van der Waals surface area contributed by atoms with Crippen LogP contribution in [0.15, 0.2) is 17.5 Å². The highest BCUT2D eigenvalue weighted by Crippen LogP contribution is 2.14. The molecule has 0 aromatic rings. The summed E-state index contributed by atoms with van der Waals surface area (Å²) in [4.78, 5) is 15.4. The van der Waals surface area contributed by atoms with Crippen molar-refractivity contribution >= 4 is 11.7 Å². The molecule has 0 heterocycles. The van der Waals surface area contributed by atoms with Gasteiger partial charge >= 0.3 is 5.97 Å². The number of oxime groups is 1. The van der Waals surface area contributed by atoms with E-state index in [-0.39, 0.29) is 0 Å². The lowest BCUT2D eigenvalue weighted by Gasteiger charge is -1.92. The largest absolute Gasteiger partial charge is 0.466 e. The first-order valence-corrected chi connectivity index (χ1v) is 4.29. The Kier molecular flexibility index (Phi) is 4.02. The normalized spacial score (nSPS) is 16.2. The average Bonchev–Trinajstić information content (AvgIpc) is 2.64. The summed E-state index contributed by atoms with van der Waals surface area (Å²) >= 11 is 0. The Labute approximate surface area is 77.2 Å². The minimum absolute atomic E-state index is 0.438. The molecule has 0 aromatic carbocycles. The van der Waals surface area contributed by atoms with Gasteiger partial charge in [-0.25, -0.2) is 4.79 Å².